The second-order valence-corrected chi connectivity index (χ2v) is 4.34. The molecule has 0 saturated carbocycles. The highest BCUT2D eigenvalue weighted by Gasteiger charge is 2.15. The van der Waals surface area contributed by atoms with Crippen molar-refractivity contribution in [3.05, 3.63) is 65.6 Å². The SMILES string of the molecule is O=C(O)c1ccc2c(C(=O)c3cccnc3)c[nH]c2c1. The lowest BCUT2D eigenvalue weighted by Gasteiger charge is -1.99. The summed E-state index contributed by atoms with van der Waals surface area (Å²) >= 11 is 0. The van der Waals surface area contributed by atoms with Crippen LogP contribution in [0.15, 0.2) is 48.9 Å². The van der Waals surface area contributed by atoms with E-state index in [0.717, 1.165) is 0 Å². The summed E-state index contributed by atoms with van der Waals surface area (Å²) in [5, 5.41) is 9.65. The van der Waals surface area contributed by atoms with Gasteiger partial charge in [0.05, 0.1) is 5.56 Å². The Kier molecular flexibility index (Phi) is 2.80. The summed E-state index contributed by atoms with van der Waals surface area (Å²) in [6.45, 7) is 0. The maximum absolute atomic E-state index is 12.4. The van der Waals surface area contributed by atoms with Crippen LogP contribution in [0.1, 0.15) is 26.3 Å². The predicted octanol–water partition coefficient (Wildman–Crippen LogP) is 2.49. The first kappa shape index (κ1) is 12.1. The van der Waals surface area contributed by atoms with E-state index in [1.807, 2.05) is 0 Å². The third-order valence-electron chi connectivity index (χ3n) is 3.10. The number of benzene rings is 1. The number of aromatic carboxylic acids is 1. The van der Waals surface area contributed by atoms with Gasteiger partial charge in [-0.2, -0.15) is 0 Å². The normalized spacial score (nSPS) is 10.6. The van der Waals surface area contributed by atoms with E-state index in [-0.39, 0.29) is 11.3 Å². The van der Waals surface area contributed by atoms with Crippen molar-refractivity contribution in [1.29, 1.82) is 0 Å². The van der Waals surface area contributed by atoms with Gasteiger partial charge < -0.3 is 10.1 Å². The molecule has 5 nitrogen and oxygen atoms in total. The summed E-state index contributed by atoms with van der Waals surface area (Å²) in [4.78, 5) is 30.1. The highest BCUT2D eigenvalue weighted by Crippen LogP contribution is 2.22. The Hall–Kier alpha value is -2.95. The monoisotopic (exact) mass is 266 g/mol. The molecule has 0 aliphatic rings. The molecule has 0 radical (unpaired) electrons. The first-order chi connectivity index (χ1) is 9.66. The van der Waals surface area contributed by atoms with Gasteiger partial charge in [0.25, 0.3) is 0 Å². The number of aromatic amines is 1. The van der Waals surface area contributed by atoms with Crippen molar-refractivity contribution in [2.75, 3.05) is 0 Å². The van der Waals surface area contributed by atoms with E-state index in [1.165, 1.54) is 18.3 Å². The molecule has 20 heavy (non-hydrogen) atoms. The second-order valence-electron chi connectivity index (χ2n) is 4.34. The second kappa shape index (κ2) is 4.62. The van der Waals surface area contributed by atoms with E-state index in [2.05, 4.69) is 9.97 Å². The van der Waals surface area contributed by atoms with Crippen molar-refractivity contribution in [3.63, 3.8) is 0 Å². The fraction of sp³-hybridized carbons (Fsp3) is 0. The van der Waals surface area contributed by atoms with Crippen LogP contribution in [0.5, 0.6) is 0 Å². The Morgan fingerprint density at radius 1 is 1.15 bits per heavy atom. The zero-order valence-electron chi connectivity index (χ0n) is 10.3. The zero-order valence-corrected chi connectivity index (χ0v) is 10.3. The molecule has 0 amide bonds. The largest absolute Gasteiger partial charge is 0.478 e. The van der Waals surface area contributed by atoms with E-state index in [0.29, 0.717) is 22.0 Å². The topological polar surface area (TPSA) is 83.0 Å². The van der Waals surface area contributed by atoms with Crippen LogP contribution in [-0.4, -0.2) is 26.8 Å². The maximum atomic E-state index is 12.4. The number of pyridine rings is 1. The molecule has 0 spiro atoms. The van der Waals surface area contributed by atoms with Gasteiger partial charge in [0.1, 0.15) is 0 Å². The van der Waals surface area contributed by atoms with Gasteiger partial charge in [-0.15, -0.1) is 0 Å². The van der Waals surface area contributed by atoms with Crippen molar-refractivity contribution in [2.45, 2.75) is 0 Å². The highest BCUT2D eigenvalue weighted by molar-refractivity contribution is 6.16. The molecular weight excluding hydrogens is 256 g/mol. The zero-order chi connectivity index (χ0) is 14.1. The Balaban J connectivity index is 2.09. The van der Waals surface area contributed by atoms with Crippen LogP contribution in [0.25, 0.3) is 10.9 Å². The van der Waals surface area contributed by atoms with E-state index >= 15 is 0 Å². The first-order valence-corrected chi connectivity index (χ1v) is 5.96. The molecule has 0 fully saturated rings. The molecule has 0 aliphatic heterocycles. The molecule has 0 aliphatic carbocycles. The number of nitrogens with one attached hydrogen (secondary N) is 1. The minimum Gasteiger partial charge on any atom is -0.478 e. The Morgan fingerprint density at radius 2 is 2.00 bits per heavy atom. The lowest BCUT2D eigenvalue weighted by molar-refractivity contribution is 0.0697. The molecule has 1 aromatic carbocycles. The number of nitrogens with zero attached hydrogens (tertiary/aromatic N) is 1. The van der Waals surface area contributed by atoms with Crippen LogP contribution < -0.4 is 0 Å². The Bertz CT molecular complexity index is 806. The minimum absolute atomic E-state index is 0.146. The van der Waals surface area contributed by atoms with E-state index in [1.54, 1.807) is 30.6 Å². The van der Waals surface area contributed by atoms with Crippen molar-refractivity contribution in [1.82, 2.24) is 9.97 Å². The lowest BCUT2D eigenvalue weighted by Crippen LogP contribution is -2.00. The van der Waals surface area contributed by atoms with Gasteiger partial charge in [-0.25, -0.2) is 4.79 Å². The summed E-state index contributed by atoms with van der Waals surface area (Å²) in [5.74, 6) is -1.14. The third kappa shape index (κ3) is 1.95. The predicted molar refractivity (Wildman–Crippen MR) is 72.9 cm³/mol. The van der Waals surface area contributed by atoms with E-state index in [4.69, 9.17) is 5.11 Å². The number of hydrogen-bond donors (Lipinski definition) is 2. The number of rotatable bonds is 3. The van der Waals surface area contributed by atoms with E-state index < -0.39 is 5.97 Å². The molecule has 5 heteroatoms. The summed E-state index contributed by atoms with van der Waals surface area (Å²) in [7, 11) is 0. The molecule has 0 saturated heterocycles. The summed E-state index contributed by atoms with van der Waals surface area (Å²) in [6, 6.07) is 8.03. The van der Waals surface area contributed by atoms with Crippen LogP contribution in [0.4, 0.5) is 0 Å². The number of H-pyrrole nitrogens is 1. The molecule has 2 heterocycles. The third-order valence-corrected chi connectivity index (χ3v) is 3.10. The smallest absolute Gasteiger partial charge is 0.335 e. The summed E-state index contributed by atoms with van der Waals surface area (Å²) in [5.41, 5.74) is 1.80. The van der Waals surface area contributed by atoms with Gasteiger partial charge in [0.2, 0.25) is 0 Å². The highest BCUT2D eigenvalue weighted by atomic mass is 16.4. The van der Waals surface area contributed by atoms with Gasteiger partial charge >= 0.3 is 5.97 Å². The number of ketones is 1. The van der Waals surface area contributed by atoms with E-state index in [9.17, 15) is 9.59 Å². The summed E-state index contributed by atoms with van der Waals surface area (Å²) in [6.07, 6.45) is 4.70. The molecule has 0 atom stereocenters. The standard InChI is InChI=1S/C15H10N2O3/c18-14(10-2-1-5-16-7-10)12-8-17-13-6-9(15(19)20)3-4-11(12)13/h1-8,17H,(H,19,20). The number of carboxylic acid groups (broad SMARTS) is 1. The maximum Gasteiger partial charge on any atom is 0.335 e. The van der Waals surface area contributed by atoms with Crippen LogP contribution in [0, 0.1) is 0 Å². The molecule has 3 aromatic rings. The quantitative estimate of drug-likeness (QED) is 0.713. The van der Waals surface area contributed by atoms with Crippen LogP contribution in [-0.2, 0) is 0 Å². The molecule has 0 unspecified atom stereocenters. The van der Waals surface area contributed by atoms with Crippen LogP contribution >= 0.6 is 0 Å². The van der Waals surface area contributed by atoms with Gasteiger partial charge in [-0.05, 0) is 24.3 Å². The van der Waals surface area contributed by atoms with Gasteiger partial charge in [0.15, 0.2) is 5.78 Å². The average molecular weight is 266 g/mol. The average Bonchev–Trinajstić information content (AvgIpc) is 2.90. The number of hydrogen-bond acceptors (Lipinski definition) is 3. The van der Waals surface area contributed by atoms with Crippen LogP contribution in [0.2, 0.25) is 0 Å². The molecule has 3 rings (SSSR count). The number of fused-ring (bicyclic) bond motifs is 1. The molecule has 2 aromatic heterocycles. The number of carbonyl (C=O) groups is 2. The minimum atomic E-state index is -0.998. The van der Waals surface area contributed by atoms with Crippen molar-refractivity contribution >= 4 is 22.7 Å². The van der Waals surface area contributed by atoms with Crippen molar-refractivity contribution in [2.24, 2.45) is 0 Å². The number of aromatic nitrogens is 2. The Labute approximate surface area is 113 Å². The van der Waals surface area contributed by atoms with Crippen molar-refractivity contribution < 1.29 is 14.7 Å². The van der Waals surface area contributed by atoms with Gasteiger partial charge in [-0.3, -0.25) is 9.78 Å². The fourth-order valence-corrected chi connectivity index (χ4v) is 2.10. The lowest BCUT2D eigenvalue weighted by atomic mass is 10.0. The molecule has 2 N–H and O–H groups in total. The molecule has 98 valence electrons. The van der Waals surface area contributed by atoms with Gasteiger partial charge in [-0.1, -0.05) is 6.07 Å². The van der Waals surface area contributed by atoms with Gasteiger partial charge in [0, 0.05) is 40.6 Å². The first-order valence-electron chi connectivity index (χ1n) is 5.96. The number of carbonyl (C=O) groups excluding carboxylic acids is 1. The van der Waals surface area contributed by atoms with Crippen molar-refractivity contribution in [3.8, 4) is 0 Å². The fourth-order valence-electron chi connectivity index (χ4n) is 2.10. The van der Waals surface area contributed by atoms with Crippen LogP contribution in [0.3, 0.4) is 0 Å². The number of carboxylic acids is 1. The molecular formula is C15H10N2O3. The Morgan fingerprint density at radius 3 is 2.70 bits per heavy atom. The molecule has 0 bridgehead atoms. The summed E-state index contributed by atoms with van der Waals surface area (Å²) < 4.78 is 0.